The van der Waals surface area contributed by atoms with Crippen molar-refractivity contribution in [2.24, 2.45) is 11.5 Å². The van der Waals surface area contributed by atoms with Crippen LogP contribution in [0.25, 0.3) is 0 Å². The van der Waals surface area contributed by atoms with Gasteiger partial charge in [0.25, 0.3) is 12.3 Å². The number of nitrogens with one attached hydrogen (secondary N) is 1. The van der Waals surface area contributed by atoms with E-state index in [-0.39, 0.29) is 16.9 Å². The molecule has 4 nitrogen and oxygen atoms in total. The third-order valence-electron chi connectivity index (χ3n) is 4.47. The van der Waals surface area contributed by atoms with E-state index < -0.39 is 18.4 Å². The molecule has 0 saturated carbocycles. The molecule has 5 N–H and O–H groups in total. The van der Waals surface area contributed by atoms with E-state index in [0.29, 0.717) is 5.69 Å². The highest BCUT2D eigenvalue weighted by molar-refractivity contribution is 6.05. The average Bonchev–Trinajstić information content (AvgIpc) is 2.70. The van der Waals surface area contributed by atoms with Crippen molar-refractivity contribution in [2.45, 2.75) is 51.0 Å². The van der Waals surface area contributed by atoms with Crippen LogP contribution in [-0.2, 0) is 10.2 Å². The lowest BCUT2D eigenvalue weighted by molar-refractivity contribution is -0.113. The second kappa shape index (κ2) is 6.28. The number of anilines is 1. The predicted octanol–water partition coefficient (Wildman–Crippen LogP) is 2.84. The molecular formula is C17H23F2N3O. The first-order valence-electron chi connectivity index (χ1n) is 7.59. The molecule has 0 spiro atoms. The SMILES string of the molecule is CC1CC(C)(C)c2cccc(NC(=O)/C(=C/N)C(N)C(F)F)c21. The number of hydrogen-bond acceptors (Lipinski definition) is 3. The summed E-state index contributed by atoms with van der Waals surface area (Å²) in [6.07, 6.45) is -1.04. The normalized spacial score (nSPS) is 21.2. The van der Waals surface area contributed by atoms with Crippen molar-refractivity contribution in [3.8, 4) is 0 Å². The average molecular weight is 323 g/mol. The maximum absolute atomic E-state index is 12.7. The van der Waals surface area contributed by atoms with Crippen LogP contribution in [0.4, 0.5) is 14.5 Å². The zero-order valence-electron chi connectivity index (χ0n) is 13.6. The van der Waals surface area contributed by atoms with Crippen molar-refractivity contribution < 1.29 is 13.6 Å². The maximum Gasteiger partial charge on any atom is 0.257 e. The standard InChI is InChI=1S/C17H23F2N3O/c1-9-7-17(2,3)11-5-4-6-12(13(9)11)22-16(23)10(8-20)14(21)15(18)19/h4-6,8-9,14-15H,7,20-21H2,1-3H3,(H,22,23)/b10-8+. The number of amides is 1. The largest absolute Gasteiger partial charge is 0.404 e. The Bertz CT molecular complexity index is 641. The molecule has 0 aromatic heterocycles. The summed E-state index contributed by atoms with van der Waals surface area (Å²) in [5, 5.41) is 2.70. The Hall–Kier alpha value is -1.95. The van der Waals surface area contributed by atoms with Crippen LogP contribution in [0.2, 0.25) is 0 Å². The van der Waals surface area contributed by atoms with Crippen LogP contribution in [-0.4, -0.2) is 18.4 Å². The Morgan fingerprint density at radius 1 is 1.43 bits per heavy atom. The first kappa shape index (κ1) is 17.4. The number of fused-ring (bicyclic) bond motifs is 1. The fourth-order valence-corrected chi connectivity index (χ4v) is 3.44. The van der Waals surface area contributed by atoms with E-state index in [1.54, 1.807) is 6.07 Å². The number of halogens is 2. The molecular weight excluding hydrogens is 300 g/mol. The fraction of sp³-hybridized carbons (Fsp3) is 0.471. The summed E-state index contributed by atoms with van der Waals surface area (Å²) >= 11 is 0. The van der Waals surface area contributed by atoms with Crippen molar-refractivity contribution >= 4 is 11.6 Å². The van der Waals surface area contributed by atoms with E-state index in [4.69, 9.17) is 11.5 Å². The molecule has 2 atom stereocenters. The van der Waals surface area contributed by atoms with Gasteiger partial charge in [0.05, 0.1) is 11.6 Å². The van der Waals surface area contributed by atoms with Crippen molar-refractivity contribution in [1.29, 1.82) is 0 Å². The highest BCUT2D eigenvalue weighted by Gasteiger charge is 2.36. The molecule has 126 valence electrons. The molecule has 1 aliphatic rings. The third-order valence-corrected chi connectivity index (χ3v) is 4.47. The number of hydrogen-bond donors (Lipinski definition) is 3. The minimum absolute atomic E-state index is 0.0153. The smallest absolute Gasteiger partial charge is 0.257 e. The lowest BCUT2D eigenvalue weighted by Crippen LogP contribution is -2.37. The second-order valence-corrected chi connectivity index (χ2v) is 6.69. The molecule has 0 saturated heterocycles. The molecule has 2 unspecified atom stereocenters. The number of alkyl halides is 2. The van der Waals surface area contributed by atoms with Crippen molar-refractivity contribution in [3.05, 3.63) is 41.1 Å². The number of rotatable bonds is 4. The van der Waals surface area contributed by atoms with E-state index in [9.17, 15) is 13.6 Å². The molecule has 1 amide bonds. The van der Waals surface area contributed by atoms with Crippen molar-refractivity contribution in [3.63, 3.8) is 0 Å². The predicted molar refractivity (Wildman–Crippen MR) is 87.4 cm³/mol. The molecule has 6 heteroatoms. The highest BCUT2D eigenvalue weighted by atomic mass is 19.3. The number of nitrogens with two attached hydrogens (primary N) is 2. The van der Waals surface area contributed by atoms with Crippen molar-refractivity contribution in [1.82, 2.24) is 0 Å². The van der Waals surface area contributed by atoms with Crippen LogP contribution in [0.3, 0.4) is 0 Å². The molecule has 23 heavy (non-hydrogen) atoms. The minimum Gasteiger partial charge on any atom is -0.404 e. The van der Waals surface area contributed by atoms with Gasteiger partial charge < -0.3 is 16.8 Å². The number of benzene rings is 1. The van der Waals surface area contributed by atoms with Gasteiger partial charge in [0.2, 0.25) is 0 Å². The summed E-state index contributed by atoms with van der Waals surface area (Å²) in [6, 6.07) is 3.97. The zero-order chi connectivity index (χ0) is 17.4. The Morgan fingerprint density at radius 2 is 2.09 bits per heavy atom. The van der Waals surface area contributed by atoms with Gasteiger partial charge in [-0.2, -0.15) is 0 Å². The van der Waals surface area contributed by atoms with Gasteiger partial charge in [-0.1, -0.05) is 32.9 Å². The van der Waals surface area contributed by atoms with Gasteiger partial charge in [0, 0.05) is 11.9 Å². The topological polar surface area (TPSA) is 81.1 Å². The van der Waals surface area contributed by atoms with Gasteiger partial charge >= 0.3 is 0 Å². The third kappa shape index (κ3) is 3.22. The molecule has 0 heterocycles. The number of carbonyl (C=O) groups is 1. The molecule has 1 aliphatic carbocycles. The Morgan fingerprint density at radius 3 is 2.65 bits per heavy atom. The molecule has 0 fully saturated rings. The summed E-state index contributed by atoms with van der Waals surface area (Å²) in [6.45, 7) is 6.39. The van der Waals surface area contributed by atoms with Gasteiger partial charge in [-0.15, -0.1) is 0 Å². The first-order chi connectivity index (χ1) is 10.7. The molecule has 1 aromatic carbocycles. The van der Waals surface area contributed by atoms with Crippen LogP contribution in [0.15, 0.2) is 30.0 Å². The van der Waals surface area contributed by atoms with Crippen LogP contribution in [0, 0.1) is 0 Å². The van der Waals surface area contributed by atoms with Gasteiger partial charge in [-0.25, -0.2) is 8.78 Å². The lowest BCUT2D eigenvalue weighted by Gasteiger charge is -2.20. The second-order valence-electron chi connectivity index (χ2n) is 6.69. The summed E-state index contributed by atoms with van der Waals surface area (Å²) in [5.74, 6) is -0.420. The van der Waals surface area contributed by atoms with Crippen LogP contribution in [0.1, 0.15) is 44.2 Å². The van der Waals surface area contributed by atoms with E-state index in [1.807, 2.05) is 12.1 Å². The molecule has 0 bridgehead atoms. The van der Waals surface area contributed by atoms with E-state index in [0.717, 1.165) is 18.2 Å². The Labute approximate surface area is 134 Å². The van der Waals surface area contributed by atoms with Gasteiger partial charge in [0.15, 0.2) is 0 Å². The molecule has 2 rings (SSSR count). The van der Waals surface area contributed by atoms with Crippen LogP contribution < -0.4 is 16.8 Å². The molecule has 0 radical (unpaired) electrons. The zero-order valence-corrected chi connectivity index (χ0v) is 13.6. The summed E-state index contributed by atoms with van der Waals surface area (Å²) in [5.41, 5.74) is 13.2. The van der Waals surface area contributed by atoms with Crippen LogP contribution in [0.5, 0.6) is 0 Å². The number of carbonyl (C=O) groups excluding carboxylic acids is 1. The lowest BCUT2D eigenvalue weighted by atomic mass is 9.86. The van der Waals surface area contributed by atoms with E-state index in [2.05, 4.69) is 26.1 Å². The van der Waals surface area contributed by atoms with Gasteiger partial charge in [-0.05, 0) is 34.9 Å². The monoisotopic (exact) mass is 323 g/mol. The van der Waals surface area contributed by atoms with Gasteiger partial charge in [0.1, 0.15) is 0 Å². The summed E-state index contributed by atoms with van der Waals surface area (Å²) < 4.78 is 25.5. The summed E-state index contributed by atoms with van der Waals surface area (Å²) in [4.78, 5) is 12.3. The molecule has 1 aromatic rings. The van der Waals surface area contributed by atoms with Crippen molar-refractivity contribution in [2.75, 3.05) is 5.32 Å². The summed E-state index contributed by atoms with van der Waals surface area (Å²) in [7, 11) is 0. The Balaban J connectivity index is 2.32. The maximum atomic E-state index is 12.7. The fourth-order valence-electron chi connectivity index (χ4n) is 3.44. The Kier molecular flexibility index (Phi) is 4.75. The van der Waals surface area contributed by atoms with E-state index in [1.165, 1.54) is 5.56 Å². The van der Waals surface area contributed by atoms with Crippen LogP contribution >= 0.6 is 0 Å². The minimum atomic E-state index is -2.85. The molecule has 0 aliphatic heterocycles. The van der Waals surface area contributed by atoms with E-state index >= 15 is 0 Å². The quantitative estimate of drug-likeness (QED) is 0.745. The highest BCUT2D eigenvalue weighted by Crippen LogP contribution is 2.48. The van der Waals surface area contributed by atoms with Gasteiger partial charge in [-0.3, -0.25) is 4.79 Å². The first-order valence-corrected chi connectivity index (χ1v) is 7.59.